The molecule has 208 valence electrons. The molecule has 38 heavy (non-hydrogen) atoms. The monoisotopic (exact) mass is 559 g/mol. The molecule has 2 atom stereocenters. The number of carbonyl (C=O) groups is 1. The second-order valence-corrected chi connectivity index (χ2v) is 11.4. The SMILES string of the molecule is CCCN(C)S(=O)(=O)c1ccc(OC)c(N2C3COCC2CN(C(=O)c2ccc(F)cc2C(F)(F)F)C3)c1. The highest BCUT2D eigenvalue weighted by molar-refractivity contribution is 7.89. The zero-order chi connectivity index (χ0) is 27.8. The van der Waals surface area contributed by atoms with Gasteiger partial charge in [-0.15, -0.1) is 0 Å². The van der Waals surface area contributed by atoms with Crippen LogP contribution >= 0.6 is 0 Å². The van der Waals surface area contributed by atoms with Crippen LogP contribution in [0, 0.1) is 5.82 Å². The van der Waals surface area contributed by atoms with E-state index in [1.165, 1.54) is 35.5 Å². The van der Waals surface area contributed by atoms with Crippen LogP contribution in [0.15, 0.2) is 41.3 Å². The normalized spacial score (nSPS) is 20.1. The molecular weight excluding hydrogens is 530 g/mol. The highest BCUT2D eigenvalue weighted by atomic mass is 32.2. The first-order valence-corrected chi connectivity index (χ1v) is 13.5. The Labute approximate surface area is 218 Å². The van der Waals surface area contributed by atoms with Crippen molar-refractivity contribution in [2.45, 2.75) is 36.5 Å². The summed E-state index contributed by atoms with van der Waals surface area (Å²) in [4.78, 5) is 16.5. The van der Waals surface area contributed by atoms with Gasteiger partial charge in [0.05, 0.1) is 54.1 Å². The first-order chi connectivity index (χ1) is 17.9. The Balaban J connectivity index is 1.67. The van der Waals surface area contributed by atoms with Crippen molar-refractivity contribution >= 4 is 21.6 Å². The smallest absolute Gasteiger partial charge is 0.417 e. The fourth-order valence-corrected chi connectivity index (χ4v) is 6.26. The van der Waals surface area contributed by atoms with Gasteiger partial charge in [0.2, 0.25) is 10.0 Å². The lowest BCUT2D eigenvalue weighted by Crippen LogP contribution is -2.66. The van der Waals surface area contributed by atoms with Crippen molar-refractivity contribution in [3.05, 3.63) is 53.3 Å². The van der Waals surface area contributed by atoms with E-state index in [1.54, 1.807) is 6.07 Å². The summed E-state index contributed by atoms with van der Waals surface area (Å²) in [6, 6.07) is 5.57. The number of fused-ring (bicyclic) bond motifs is 2. The predicted octanol–water partition coefficient (Wildman–Crippen LogP) is 3.61. The Morgan fingerprint density at radius 1 is 1.13 bits per heavy atom. The number of ether oxygens (including phenoxy) is 2. The van der Waals surface area contributed by atoms with Crippen LogP contribution in [0.3, 0.4) is 0 Å². The minimum atomic E-state index is -4.90. The fourth-order valence-electron chi connectivity index (χ4n) is 4.98. The number of amides is 1. The Morgan fingerprint density at radius 2 is 1.79 bits per heavy atom. The average Bonchev–Trinajstić information content (AvgIpc) is 2.86. The van der Waals surface area contributed by atoms with Gasteiger partial charge in [-0.25, -0.2) is 17.1 Å². The summed E-state index contributed by atoms with van der Waals surface area (Å²) in [6.07, 6.45) is -4.27. The number of methoxy groups -OCH3 is 1. The summed E-state index contributed by atoms with van der Waals surface area (Å²) in [5, 5.41) is 0. The van der Waals surface area contributed by atoms with Gasteiger partial charge in [0.15, 0.2) is 0 Å². The summed E-state index contributed by atoms with van der Waals surface area (Å²) in [5.74, 6) is -1.54. The molecular formula is C25H29F4N3O5S. The third kappa shape index (κ3) is 5.32. The average molecular weight is 560 g/mol. The van der Waals surface area contributed by atoms with Crippen molar-refractivity contribution in [2.75, 3.05) is 51.9 Å². The Hall–Kier alpha value is -2.90. The van der Waals surface area contributed by atoms with E-state index in [0.29, 0.717) is 30.5 Å². The molecule has 0 spiro atoms. The minimum Gasteiger partial charge on any atom is -0.495 e. The molecule has 0 aromatic heterocycles. The maximum absolute atomic E-state index is 13.6. The quantitative estimate of drug-likeness (QED) is 0.483. The summed E-state index contributed by atoms with van der Waals surface area (Å²) < 4.78 is 92.9. The highest BCUT2D eigenvalue weighted by Gasteiger charge is 2.43. The number of halogens is 4. The zero-order valence-corrected chi connectivity index (χ0v) is 22.0. The highest BCUT2D eigenvalue weighted by Crippen LogP contribution is 2.39. The number of benzene rings is 2. The Kier molecular flexibility index (Phi) is 7.91. The van der Waals surface area contributed by atoms with Crippen LogP contribution in [0.2, 0.25) is 0 Å². The van der Waals surface area contributed by atoms with E-state index in [1.807, 2.05) is 11.8 Å². The molecule has 1 amide bonds. The van der Waals surface area contributed by atoms with Gasteiger partial charge in [0.1, 0.15) is 11.6 Å². The van der Waals surface area contributed by atoms with Gasteiger partial charge in [0, 0.05) is 26.7 Å². The molecule has 2 aromatic rings. The van der Waals surface area contributed by atoms with Gasteiger partial charge < -0.3 is 19.3 Å². The number of morpholine rings is 1. The summed E-state index contributed by atoms with van der Waals surface area (Å²) in [5.41, 5.74) is -1.47. The number of nitrogens with zero attached hydrogens (tertiary/aromatic N) is 3. The molecule has 2 saturated heterocycles. The second-order valence-electron chi connectivity index (χ2n) is 9.31. The molecule has 4 rings (SSSR count). The number of rotatable bonds is 7. The van der Waals surface area contributed by atoms with Gasteiger partial charge in [0.25, 0.3) is 5.91 Å². The van der Waals surface area contributed by atoms with Gasteiger partial charge in [-0.05, 0) is 42.8 Å². The minimum absolute atomic E-state index is 0.0138. The maximum Gasteiger partial charge on any atom is 0.417 e. The molecule has 2 aliphatic rings. The summed E-state index contributed by atoms with van der Waals surface area (Å²) in [6.45, 7) is 2.56. The van der Waals surface area contributed by atoms with E-state index in [-0.39, 0.29) is 31.2 Å². The second kappa shape index (κ2) is 10.7. The van der Waals surface area contributed by atoms with Crippen LogP contribution in [0.1, 0.15) is 29.3 Å². The Bertz CT molecular complexity index is 1290. The summed E-state index contributed by atoms with van der Waals surface area (Å²) >= 11 is 0. The van der Waals surface area contributed by atoms with Gasteiger partial charge in [-0.2, -0.15) is 13.2 Å². The molecule has 0 radical (unpaired) electrons. The molecule has 13 heteroatoms. The van der Waals surface area contributed by atoms with E-state index in [4.69, 9.17) is 9.47 Å². The predicted molar refractivity (Wildman–Crippen MR) is 131 cm³/mol. The number of alkyl halides is 3. The van der Waals surface area contributed by atoms with Crippen LogP contribution in [-0.4, -0.2) is 82.6 Å². The van der Waals surface area contributed by atoms with E-state index in [0.717, 1.165) is 12.1 Å². The van der Waals surface area contributed by atoms with E-state index in [2.05, 4.69) is 0 Å². The first-order valence-electron chi connectivity index (χ1n) is 12.0. The number of carbonyl (C=O) groups excluding carboxylic acids is 1. The van der Waals surface area contributed by atoms with Crippen molar-refractivity contribution in [3.63, 3.8) is 0 Å². The zero-order valence-electron chi connectivity index (χ0n) is 21.2. The molecule has 2 heterocycles. The first kappa shape index (κ1) is 28.1. The van der Waals surface area contributed by atoms with Crippen LogP contribution in [-0.2, 0) is 20.9 Å². The lowest BCUT2D eigenvalue weighted by Gasteiger charge is -2.51. The van der Waals surface area contributed by atoms with Crippen molar-refractivity contribution < 1.29 is 40.2 Å². The van der Waals surface area contributed by atoms with E-state index in [9.17, 15) is 30.8 Å². The van der Waals surface area contributed by atoms with Crippen molar-refractivity contribution in [2.24, 2.45) is 0 Å². The topological polar surface area (TPSA) is 79.4 Å². The molecule has 0 aliphatic carbocycles. The lowest BCUT2D eigenvalue weighted by atomic mass is 9.99. The molecule has 8 nitrogen and oxygen atoms in total. The van der Waals surface area contributed by atoms with Gasteiger partial charge in [-0.3, -0.25) is 4.79 Å². The van der Waals surface area contributed by atoms with Gasteiger partial charge in [-0.1, -0.05) is 6.92 Å². The standard InChI is InChI=1S/C25H29F4N3O5S/c1-4-9-30(2)38(34,35)19-6-8-23(36-3)22(11-19)32-17-12-31(13-18(32)15-37-14-17)24(33)20-7-5-16(26)10-21(20)25(27,28)29/h5-8,10-11,17-18H,4,9,12-15H2,1-3H3. The molecule has 0 N–H and O–H groups in total. The Morgan fingerprint density at radius 3 is 2.37 bits per heavy atom. The van der Waals surface area contributed by atoms with Crippen LogP contribution in [0.5, 0.6) is 5.75 Å². The number of anilines is 1. The van der Waals surface area contributed by atoms with E-state index < -0.39 is 51.1 Å². The lowest BCUT2D eigenvalue weighted by molar-refractivity contribution is -0.138. The van der Waals surface area contributed by atoms with E-state index >= 15 is 0 Å². The van der Waals surface area contributed by atoms with Crippen LogP contribution in [0.25, 0.3) is 0 Å². The third-order valence-corrected chi connectivity index (χ3v) is 8.60. The van der Waals surface area contributed by atoms with Crippen molar-refractivity contribution in [1.82, 2.24) is 9.21 Å². The molecule has 0 saturated carbocycles. The molecule has 2 bridgehead atoms. The fraction of sp³-hybridized carbons (Fsp3) is 0.480. The number of piperazine rings is 1. The van der Waals surface area contributed by atoms with Crippen molar-refractivity contribution in [3.8, 4) is 5.75 Å². The number of hydrogen-bond acceptors (Lipinski definition) is 6. The van der Waals surface area contributed by atoms with Crippen molar-refractivity contribution in [1.29, 1.82) is 0 Å². The number of hydrogen-bond donors (Lipinski definition) is 0. The maximum atomic E-state index is 13.6. The molecule has 2 aliphatic heterocycles. The molecule has 2 aromatic carbocycles. The number of sulfonamides is 1. The third-order valence-electron chi connectivity index (χ3n) is 6.75. The van der Waals surface area contributed by atoms with Gasteiger partial charge >= 0.3 is 6.18 Å². The summed E-state index contributed by atoms with van der Waals surface area (Å²) in [7, 11) is -0.821. The van der Waals surface area contributed by atoms with Crippen LogP contribution in [0.4, 0.5) is 23.2 Å². The largest absolute Gasteiger partial charge is 0.495 e. The van der Waals surface area contributed by atoms with Crippen LogP contribution < -0.4 is 9.64 Å². The molecule has 2 unspecified atom stereocenters. The molecule has 2 fully saturated rings.